The molecule has 5 heteroatoms. The lowest BCUT2D eigenvalue weighted by molar-refractivity contribution is 0.102. The fourth-order valence-corrected chi connectivity index (χ4v) is 3.11. The number of fused-ring (bicyclic) bond motifs is 1. The lowest BCUT2D eigenvalue weighted by atomic mass is 10.1. The van der Waals surface area contributed by atoms with Crippen LogP contribution in [-0.2, 0) is 0 Å². The molecule has 3 aromatic carbocycles. The normalized spacial score (nSPS) is 10.5. The van der Waals surface area contributed by atoms with Gasteiger partial charge in [0.15, 0.2) is 0 Å². The second-order valence-corrected chi connectivity index (χ2v) is 6.18. The van der Waals surface area contributed by atoms with E-state index in [9.17, 15) is 4.79 Å². The first kappa shape index (κ1) is 16.6. The van der Waals surface area contributed by atoms with Crippen LogP contribution in [0.1, 0.15) is 21.7 Å². The van der Waals surface area contributed by atoms with Gasteiger partial charge in [-0.1, -0.05) is 24.3 Å². The van der Waals surface area contributed by atoms with Crippen LogP contribution >= 0.6 is 0 Å². The number of aryl methyl sites for hydroxylation is 1. The van der Waals surface area contributed by atoms with Gasteiger partial charge in [0.25, 0.3) is 5.91 Å². The number of imidazole rings is 1. The number of nitrogens with zero attached hydrogens (tertiary/aromatic N) is 3. The quantitative estimate of drug-likeness (QED) is 0.592. The number of nitriles is 1. The molecule has 0 aliphatic carbocycles. The maximum atomic E-state index is 12.5. The topological polar surface area (TPSA) is 70.7 Å². The van der Waals surface area contributed by atoms with Crippen LogP contribution in [0, 0.1) is 18.3 Å². The van der Waals surface area contributed by atoms with Gasteiger partial charge in [-0.2, -0.15) is 5.26 Å². The average Bonchev–Trinajstić information content (AvgIpc) is 3.03. The summed E-state index contributed by atoms with van der Waals surface area (Å²) in [6.45, 7) is 1.96. The summed E-state index contributed by atoms with van der Waals surface area (Å²) < 4.78 is 2.08. The van der Waals surface area contributed by atoms with Crippen molar-refractivity contribution >= 4 is 22.6 Å². The van der Waals surface area contributed by atoms with E-state index in [1.165, 1.54) is 0 Å². The van der Waals surface area contributed by atoms with E-state index in [0.29, 0.717) is 16.8 Å². The molecule has 130 valence electrons. The lowest BCUT2D eigenvalue weighted by Crippen LogP contribution is -2.11. The van der Waals surface area contributed by atoms with Crippen LogP contribution in [0.2, 0.25) is 0 Å². The summed E-state index contributed by atoms with van der Waals surface area (Å²) in [6.07, 6.45) is 0. The molecule has 0 spiro atoms. The summed E-state index contributed by atoms with van der Waals surface area (Å²) in [5.41, 5.74) is 4.38. The Morgan fingerprint density at radius 3 is 2.63 bits per heavy atom. The molecule has 0 radical (unpaired) electrons. The molecule has 27 heavy (non-hydrogen) atoms. The van der Waals surface area contributed by atoms with Crippen LogP contribution in [0.15, 0.2) is 72.8 Å². The maximum absolute atomic E-state index is 12.5. The molecule has 0 bridgehead atoms. The van der Waals surface area contributed by atoms with Crippen molar-refractivity contribution in [2.24, 2.45) is 0 Å². The number of hydrogen-bond acceptors (Lipinski definition) is 3. The lowest BCUT2D eigenvalue weighted by Gasteiger charge is -2.08. The summed E-state index contributed by atoms with van der Waals surface area (Å²) in [6, 6.07) is 24.3. The number of anilines is 1. The fraction of sp³-hybridized carbons (Fsp3) is 0.0455. The van der Waals surface area contributed by atoms with Crippen LogP contribution in [-0.4, -0.2) is 15.5 Å². The second kappa shape index (κ2) is 6.77. The van der Waals surface area contributed by atoms with Crippen molar-refractivity contribution in [3.8, 4) is 11.8 Å². The Labute approximate surface area is 156 Å². The average molecular weight is 352 g/mol. The Hall–Kier alpha value is -3.91. The highest BCUT2D eigenvalue weighted by molar-refractivity contribution is 6.05. The minimum atomic E-state index is -0.259. The Kier molecular flexibility index (Phi) is 4.15. The highest BCUT2D eigenvalue weighted by atomic mass is 16.1. The Morgan fingerprint density at radius 1 is 1.04 bits per heavy atom. The molecule has 0 saturated carbocycles. The van der Waals surface area contributed by atoms with E-state index in [2.05, 4.69) is 14.9 Å². The minimum Gasteiger partial charge on any atom is -0.322 e. The number of rotatable bonds is 3. The molecule has 0 aliphatic heterocycles. The molecule has 0 saturated heterocycles. The molecule has 1 amide bonds. The maximum Gasteiger partial charge on any atom is 0.255 e. The molecule has 0 aliphatic rings. The third-order valence-electron chi connectivity index (χ3n) is 4.35. The number of amides is 1. The van der Waals surface area contributed by atoms with Gasteiger partial charge in [-0.3, -0.25) is 9.36 Å². The van der Waals surface area contributed by atoms with Gasteiger partial charge in [-0.25, -0.2) is 4.98 Å². The van der Waals surface area contributed by atoms with Gasteiger partial charge >= 0.3 is 0 Å². The van der Waals surface area contributed by atoms with Crippen LogP contribution in [0.3, 0.4) is 0 Å². The van der Waals surface area contributed by atoms with Crippen molar-refractivity contribution in [3.63, 3.8) is 0 Å². The van der Waals surface area contributed by atoms with Gasteiger partial charge in [-0.05, 0) is 55.5 Å². The summed E-state index contributed by atoms with van der Waals surface area (Å²) in [4.78, 5) is 17.1. The smallest absolute Gasteiger partial charge is 0.255 e. The number of aromatic nitrogens is 2. The summed E-state index contributed by atoms with van der Waals surface area (Å²) in [5, 5.41) is 11.9. The van der Waals surface area contributed by atoms with E-state index in [4.69, 9.17) is 5.26 Å². The molecular formula is C22H16N4O. The molecule has 0 atom stereocenters. The van der Waals surface area contributed by atoms with Crippen molar-refractivity contribution in [3.05, 3.63) is 89.7 Å². The number of carbonyl (C=O) groups excluding carboxylic acids is 1. The van der Waals surface area contributed by atoms with E-state index < -0.39 is 0 Å². The SMILES string of the molecule is Cc1nc2cc(NC(=O)c3cccc(C#N)c3)ccc2n1-c1ccccc1. The number of hydrogen-bond donors (Lipinski definition) is 1. The van der Waals surface area contributed by atoms with Crippen molar-refractivity contribution in [2.45, 2.75) is 6.92 Å². The number of para-hydroxylation sites is 1. The largest absolute Gasteiger partial charge is 0.322 e. The molecule has 4 rings (SSSR count). The first-order valence-electron chi connectivity index (χ1n) is 8.52. The minimum absolute atomic E-state index is 0.259. The molecule has 1 heterocycles. The first-order valence-corrected chi connectivity index (χ1v) is 8.52. The predicted octanol–water partition coefficient (Wildman–Crippen LogP) is 4.46. The monoisotopic (exact) mass is 352 g/mol. The van der Waals surface area contributed by atoms with Gasteiger partial charge in [0, 0.05) is 16.9 Å². The zero-order valence-corrected chi connectivity index (χ0v) is 14.7. The van der Waals surface area contributed by atoms with E-state index >= 15 is 0 Å². The van der Waals surface area contributed by atoms with Gasteiger partial charge in [0.2, 0.25) is 0 Å². The zero-order chi connectivity index (χ0) is 18.8. The van der Waals surface area contributed by atoms with Gasteiger partial charge in [0.1, 0.15) is 5.82 Å². The summed E-state index contributed by atoms with van der Waals surface area (Å²) in [7, 11) is 0. The van der Waals surface area contributed by atoms with Crippen molar-refractivity contribution < 1.29 is 4.79 Å². The Balaban J connectivity index is 1.67. The Bertz CT molecular complexity index is 1190. The van der Waals surface area contributed by atoms with Crippen LogP contribution in [0.4, 0.5) is 5.69 Å². The summed E-state index contributed by atoms with van der Waals surface area (Å²) in [5.74, 6) is 0.618. The van der Waals surface area contributed by atoms with Crippen molar-refractivity contribution in [1.29, 1.82) is 5.26 Å². The molecule has 0 unspecified atom stereocenters. The zero-order valence-electron chi connectivity index (χ0n) is 14.7. The number of carbonyl (C=O) groups is 1. The molecule has 5 nitrogen and oxygen atoms in total. The highest BCUT2D eigenvalue weighted by Gasteiger charge is 2.12. The molecule has 4 aromatic rings. The van der Waals surface area contributed by atoms with Gasteiger partial charge in [-0.15, -0.1) is 0 Å². The fourth-order valence-electron chi connectivity index (χ4n) is 3.11. The number of nitrogens with one attached hydrogen (secondary N) is 1. The van der Waals surface area contributed by atoms with Crippen LogP contribution < -0.4 is 5.32 Å². The van der Waals surface area contributed by atoms with Crippen LogP contribution in [0.25, 0.3) is 16.7 Å². The van der Waals surface area contributed by atoms with E-state index in [1.807, 2.05) is 61.5 Å². The first-order chi connectivity index (χ1) is 13.2. The molecule has 1 aromatic heterocycles. The molecule has 0 fully saturated rings. The van der Waals surface area contributed by atoms with Crippen LogP contribution in [0.5, 0.6) is 0 Å². The molecule has 1 N–H and O–H groups in total. The van der Waals surface area contributed by atoms with E-state index in [-0.39, 0.29) is 5.91 Å². The van der Waals surface area contributed by atoms with Gasteiger partial charge < -0.3 is 5.32 Å². The van der Waals surface area contributed by atoms with Crippen molar-refractivity contribution in [1.82, 2.24) is 9.55 Å². The predicted molar refractivity (Wildman–Crippen MR) is 105 cm³/mol. The second-order valence-electron chi connectivity index (χ2n) is 6.18. The standard InChI is InChI=1S/C22H16N4O/c1-15-24-20-13-18(25-22(27)17-7-5-6-16(12-17)14-23)10-11-21(20)26(15)19-8-3-2-4-9-19/h2-13H,1H3,(H,25,27). The summed E-state index contributed by atoms with van der Waals surface area (Å²) >= 11 is 0. The number of benzene rings is 3. The van der Waals surface area contributed by atoms with Crippen molar-refractivity contribution in [2.75, 3.05) is 5.32 Å². The third-order valence-corrected chi connectivity index (χ3v) is 4.35. The third kappa shape index (κ3) is 3.16. The van der Waals surface area contributed by atoms with E-state index in [0.717, 1.165) is 22.5 Å². The molecular weight excluding hydrogens is 336 g/mol. The van der Waals surface area contributed by atoms with Gasteiger partial charge in [0.05, 0.1) is 22.7 Å². The Morgan fingerprint density at radius 2 is 1.85 bits per heavy atom. The highest BCUT2D eigenvalue weighted by Crippen LogP contribution is 2.24. The van der Waals surface area contributed by atoms with E-state index in [1.54, 1.807) is 24.3 Å².